The van der Waals surface area contributed by atoms with Gasteiger partial charge in [0, 0.05) is 6.54 Å². The van der Waals surface area contributed by atoms with E-state index < -0.39 is 0 Å². The second-order valence-electron chi connectivity index (χ2n) is 4.74. The normalized spacial score (nSPS) is 19.1. The minimum Gasteiger partial charge on any atom is -0.382 e. The van der Waals surface area contributed by atoms with Crippen molar-refractivity contribution >= 4 is 21.6 Å². The molecule has 0 spiro atoms. The predicted octanol–water partition coefficient (Wildman–Crippen LogP) is 1.60. The molecule has 1 aromatic rings. The van der Waals surface area contributed by atoms with Gasteiger partial charge in [-0.2, -0.15) is 5.10 Å². The van der Waals surface area contributed by atoms with E-state index in [1.807, 2.05) is 0 Å². The van der Waals surface area contributed by atoms with Gasteiger partial charge < -0.3 is 10.6 Å². The molecule has 104 valence electrons. The molecule has 1 aliphatic heterocycles. The first kappa shape index (κ1) is 14.3. The second kappa shape index (κ2) is 6.86. The highest BCUT2D eigenvalue weighted by molar-refractivity contribution is 9.10. The third-order valence-corrected chi connectivity index (χ3v) is 4.03. The minimum absolute atomic E-state index is 0.133. The third-order valence-electron chi connectivity index (χ3n) is 3.27. The van der Waals surface area contributed by atoms with Crippen LogP contribution in [0.4, 0.5) is 5.69 Å². The van der Waals surface area contributed by atoms with Crippen LogP contribution in [-0.2, 0) is 6.54 Å². The zero-order valence-corrected chi connectivity index (χ0v) is 12.4. The maximum atomic E-state index is 12.0. The van der Waals surface area contributed by atoms with Crippen LogP contribution in [0.1, 0.15) is 12.8 Å². The molecule has 1 unspecified atom stereocenters. The molecule has 1 aliphatic rings. The van der Waals surface area contributed by atoms with Crippen molar-refractivity contribution in [1.29, 1.82) is 0 Å². The Hall–Kier alpha value is -1.14. The van der Waals surface area contributed by atoms with Crippen LogP contribution in [-0.4, -0.2) is 29.4 Å². The summed E-state index contributed by atoms with van der Waals surface area (Å²) >= 11 is 3.34. The Kier molecular flexibility index (Phi) is 5.15. The lowest BCUT2D eigenvalue weighted by Gasteiger charge is -2.23. The number of aromatic nitrogens is 2. The van der Waals surface area contributed by atoms with Crippen LogP contribution >= 0.6 is 15.9 Å². The van der Waals surface area contributed by atoms with Gasteiger partial charge in [0.1, 0.15) is 4.47 Å². The summed E-state index contributed by atoms with van der Waals surface area (Å²) in [6.07, 6.45) is 5.78. The average molecular weight is 327 g/mol. The van der Waals surface area contributed by atoms with Crippen molar-refractivity contribution < 1.29 is 0 Å². The number of piperidine rings is 1. The summed E-state index contributed by atoms with van der Waals surface area (Å²) in [4.78, 5) is 12.0. The molecule has 0 aromatic carbocycles. The van der Waals surface area contributed by atoms with Crippen molar-refractivity contribution in [2.45, 2.75) is 19.4 Å². The van der Waals surface area contributed by atoms with Gasteiger partial charge in [-0.1, -0.05) is 6.08 Å². The molecular formula is C13H19BrN4O. The monoisotopic (exact) mass is 326 g/mol. The molecule has 1 saturated heterocycles. The van der Waals surface area contributed by atoms with Crippen LogP contribution in [0.3, 0.4) is 0 Å². The Bertz CT molecular complexity index is 494. The molecule has 19 heavy (non-hydrogen) atoms. The quantitative estimate of drug-likeness (QED) is 0.807. The topological polar surface area (TPSA) is 59.0 Å². The Morgan fingerprint density at radius 2 is 2.53 bits per heavy atom. The summed E-state index contributed by atoms with van der Waals surface area (Å²) in [7, 11) is 0. The standard InChI is InChI=1S/C13H19BrN4O/c1-2-6-18-13(19)12(14)11(9-17-18)16-8-10-4-3-5-15-7-10/h2,9-10,15-16H,1,3-8H2. The summed E-state index contributed by atoms with van der Waals surface area (Å²) in [5, 5.41) is 10.8. The van der Waals surface area contributed by atoms with E-state index in [1.54, 1.807) is 12.3 Å². The van der Waals surface area contributed by atoms with Crippen molar-refractivity contribution in [3.05, 3.63) is 33.7 Å². The Morgan fingerprint density at radius 1 is 1.68 bits per heavy atom. The van der Waals surface area contributed by atoms with Crippen LogP contribution in [0, 0.1) is 5.92 Å². The molecule has 6 heteroatoms. The van der Waals surface area contributed by atoms with Crippen molar-refractivity contribution in [2.24, 2.45) is 5.92 Å². The first-order valence-corrected chi connectivity index (χ1v) is 7.32. The molecular weight excluding hydrogens is 308 g/mol. The summed E-state index contributed by atoms with van der Waals surface area (Å²) in [5.41, 5.74) is 0.627. The average Bonchev–Trinajstić information content (AvgIpc) is 2.44. The highest BCUT2D eigenvalue weighted by Gasteiger charge is 2.14. The number of nitrogens with zero attached hydrogens (tertiary/aromatic N) is 2. The highest BCUT2D eigenvalue weighted by Crippen LogP contribution is 2.18. The number of nitrogens with one attached hydrogen (secondary N) is 2. The lowest BCUT2D eigenvalue weighted by Crippen LogP contribution is -2.34. The predicted molar refractivity (Wildman–Crippen MR) is 80.5 cm³/mol. The number of halogens is 1. The van der Waals surface area contributed by atoms with E-state index in [0.717, 1.165) is 25.3 Å². The van der Waals surface area contributed by atoms with Gasteiger partial charge in [0.2, 0.25) is 0 Å². The van der Waals surface area contributed by atoms with E-state index in [1.165, 1.54) is 17.5 Å². The van der Waals surface area contributed by atoms with E-state index >= 15 is 0 Å². The number of hydrogen-bond acceptors (Lipinski definition) is 4. The van der Waals surface area contributed by atoms with Gasteiger partial charge in [0.25, 0.3) is 5.56 Å². The third kappa shape index (κ3) is 3.67. The van der Waals surface area contributed by atoms with Gasteiger partial charge in [0.05, 0.1) is 18.4 Å². The Labute approximate surface area is 121 Å². The molecule has 1 atom stereocenters. The molecule has 0 saturated carbocycles. The Balaban J connectivity index is 2.02. The maximum absolute atomic E-state index is 12.0. The van der Waals surface area contributed by atoms with Gasteiger partial charge in [-0.15, -0.1) is 6.58 Å². The molecule has 0 radical (unpaired) electrons. The molecule has 0 aliphatic carbocycles. The lowest BCUT2D eigenvalue weighted by atomic mass is 10.00. The minimum atomic E-state index is -0.133. The van der Waals surface area contributed by atoms with E-state index in [0.29, 0.717) is 16.9 Å². The van der Waals surface area contributed by atoms with Gasteiger partial charge in [0.15, 0.2) is 0 Å². The van der Waals surface area contributed by atoms with Crippen LogP contribution in [0.5, 0.6) is 0 Å². The van der Waals surface area contributed by atoms with E-state index in [-0.39, 0.29) is 5.56 Å². The fourth-order valence-electron chi connectivity index (χ4n) is 2.19. The van der Waals surface area contributed by atoms with Crippen LogP contribution in [0.15, 0.2) is 28.1 Å². The molecule has 2 rings (SSSR count). The maximum Gasteiger partial charge on any atom is 0.283 e. The number of anilines is 1. The number of allylic oxidation sites excluding steroid dienone is 1. The summed E-state index contributed by atoms with van der Waals surface area (Å²) in [5.74, 6) is 0.608. The zero-order chi connectivity index (χ0) is 13.7. The first-order chi connectivity index (χ1) is 9.22. The van der Waals surface area contributed by atoms with Gasteiger partial charge >= 0.3 is 0 Å². The summed E-state index contributed by atoms with van der Waals surface area (Å²) in [6, 6.07) is 0. The van der Waals surface area contributed by atoms with Crippen LogP contribution in [0.25, 0.3) is 0 Å². The van der Waals surface area contributed by atoms with E-state index in [2.05, 4.69) is 38.2 Å². The lowest BCUT2D eigenvalue weighted by molar-refractivity contribution is 0.393. The molecule has 0 amide bonds. The van der Waals surface area contributed by atoms with Gasteiger partial charge in [-0.3, -0.25) is 4.79 Å². The zero-order valence-electron chi connectivity index (χ0n) is 10.9. The molecule has 0 bridgehead atoms. The van der Waals surface area contributed by atoms with E-state index in [9.17, 15) is 4.79 Å². The van der Waals surface area contributed by atoms with Crippen LogP contribution in [0.2, 0.25) is 0 Å². The van der Waals surface area contributed by atoms with Crippen molar-refractivity contribution in [3.8, 4) is 0 Å². The summed E-state index contributed by atoms with van der Waals surface area (Å²) < 4.78 is 1.91. The molecule has 2 N–H and O–H groups in total. The van der Waals surface area contributed by atoms with Crippen molar-refractivity contribution in [3.63, 3.8) is 0 Å². The first-order valence-electron chi connectivity index (χ1n) is 6.53. The SMILES string of the molecule is C=CCn1ncc(NCC2CCCNC2)c(Br)c1=O. The fraction of sp³-hybridized carbons (Fsp3) is 0.538. The largest absolute Gasteiger partial charge is 0.382 e. The second-order valence-corrected chi connectivity index (χ2v) is 5.53. The van der Waals surface area contributed by atoms with Gasteiger partial charge in [-0.05, 0) is 47.8 Å². The van der Waals surface area contributed by atoms with Crippen molar-refractivity contribution in [2.75, 3.05) is 25.0 Å². The number of rotatable bonds is 5. The number of hydrogen-bond donors (Lipinski definition) is 2. The summed E-state index contributed by atoms with van der Waals surface area (Å²) in [6.45, 7) is 7.03. The van der Waals surface area contributed by atoms with Crippen molar-refractivity contribution in [1.82, 2.24) is 15.1 Å². The molecule has 1 fully saturated rings. The van der Waals surface area contributed by atoms with Gasteiger partial charge in [-0.25, -0.2) is 4.68 Å². The molecule has 2 heterocycles. The smallest absolute Gasteiger partial charge is 0.283 e. The molecule has 5 nitrogen and oxygen atoms in total. The fourth-order valence-corrected chi connectivity index (χ4v) is 2.64. The van der Waals surface area contributed by atoms with Crippen LogP contribution < -0.4 is 16.2 Å². The highest BCUT2D eigenvalue weighted by atomic mass is 79.9. The van der Waals surface area contributed by atoms with E-state index in [4.69, 9.17) is 0 Å². The Morgan fingerprint density at radius 3 is 3.21 bits per heavy atom. The molecule has 1 aromatic heterocycles.